The van der Waals surface area contributed by atoms with Crippen LogP contribution in [0, 0.1) is 11.7 Å². The van der Waals surface area contributed by atoms with Gasteiger partial charge in [-0.25, -0.2) is 4.39 Å². The van der Waals surface area contributed by atoms with Crippen molar-refractivity contribution in [3.05, 3.63) is 34.6 Å². The summed E-state index contributed by atoms with van der Waals surface area (Å²) in [6.45, 7) is 2.09. The van der Waals surface area contributed by atoms with Gasteiger partial charge in [-0.3, -0.25) is 0 Å². The molecule has 1 aliphatic rings. The Balaban J connectivity index is 2.22. The molecule has 0 saturated heterocycles. The van der Waals surface area contributed by atoms with Crippen LogP contribution in [0.25, 0.3) is 0 Å². The Labute approximate surface area is 88.1 Å². The second-order valence-electron chi connectivity index (χ2n) is 4.23. The van der Waals surface area contributed by atoms with Crippen molar-refractivity contribution in [3.8, 4) is 0 Å². The fourth-order valence-electron chi connectivity index (χ4n) is 1.80. The quantitative estimate of drug-likeness (QED) is 0.803. The SMILES string of the molecule is CC1CC1(N)Cc1cccc(Cl)c1F. The standard InChI is InChI=1S/C11H13ClFN/c1-7-5-11(7,14)6-8-3-2-4-9(12)10(8)13/h2-4,7H,5-6,14H2,1H3. The van der Waals surface area contributed by atoms with Gasteiger partial charge in [0, 0.05) is 5.54 Å². The van der Waals surface area contributed by atoms with Crippen molar-refractivity contribution in [1.29, 1.82) is 0 Å². The van der Waals surface area contributed by atoms with Gasteiger partial charge in [0.2, 0.25) is 0 Å². The molecule has 1 aliphatic carbocycles. The Hall–Kier alpha value is -0.600. The van der Waals surface area contributed by atoms with Crippen LogP contribution in [0.4, 0.5) is 4.39 Å². The molecule has 2 rings (SSSR count). The van der Waals surface area contributed by atoms with E-state index in [1.165, 1.54) is 0 Å². The molecule has 2 unspecified atom stereocenters. The Morgan fingerprint density at radius 2 is 2.29 bits per heavy atom. The molecule has 0 radical (unpaired) electrons. The molecule has 0 bridgehead atoms. The molecule has 14 heavy (non-hydrogen) atoms. The predicted molar refractivity (Wildman–Crippen MR) is 55.8 cm³/mol. The number of hydrogen-bond acceptors (Lipinski definition) is 1. The normalized spacial score (nSPS) is 30.4. The van der Waals surface area contributed by atoms with Crippen LogP contribution >= 0.6 is 11.6 Å². The van der Waals surface area contributed by atoms with Crippen LogP contribution in [0.1, 0.15) is 18.9 Å². The average Bonchev–Trinajstić information content (AvgIpc) is 2.69. The summed E-state index contributed by atoms with van der Waals surface area (Å²) >= 11 is 5.68. The fourth-order valence-corrected chi connectivity index (χ4v) is 1.99. The third-order valence-corrected chi connectivity index (χ3v) is 3.35. The molecule has 0 aliphatic heterocycles. The van der Waals surface area contributed by atoms with E-state index in [4.69, 9.17) is 17.3 Å². The summed E-state index contributed by atoms with van der Waals surface area (Å²) in [5, 5.41) is 0.180. The summed E-state index contributed by atoms with van der Waals surface area (Å²) in [7, 11) is 0. The van der Waals surface area contributed by atoms with Gasteiger partial charge >= 0.3 is 0 Å². The Kier molecular flexibility index (Phi) is 2.28. The van der Waals surface area contributed by atoms with Crippen molar-refractivity contribution in [3.63, 3.8) is 0 Å². The molecular weight excluding hydrogens is 201 g/mol. The van der Waals surface area contributed by atoms with Crippen molar-refractivity contribution in [1.82, 2.24) is 0 Å². The molecule has 0 amide bonds. The topological polar surface area (TPSA) is 26.0 Å². The second-order valence-corrected chi connectivity index (χ2v) is 4.64. The molecular formula is C11H13ClFN. The average molecular weight is 214 g/mol. The zero-order valence-corrected chi connectivity index (χ0v) is 8.81. The highest BCUT2D eigenvalue weighted by molar-refractivity contribution is 6.30. The van der Waals surface area contributed by atoms with Crippen LogP contribution in [0.5, 0.6) is 0 Å². The molecule has 76 valence electrons. The Morgan fingerprint density at radius 3 is 2.86 bits per heavy atom. The molecule has 1 nitrogen and oxygen atoms in total. The van der Waals surface area contributed by atoms with Crippen LogP contribution in [0.2, 0.25) is 5.02 Å². The summed E-state index contributed by atoms with van der Waals surface area (Å²) in [5.41, 5.74) is 6.46. The van der Waals surface area contributed by atoms with Gasteiger partial charge < -0.3 is 5.73 Å². The first kappa shape index (κ1) is 9.94. The van der Waals surface area contributed by atoms with Crippen molar-refractivity contribution in [2.45, 2.75) is 25.3 Å². The summed E-state index contributed by atoms with van der Waals surface area (Å²) in [6, 6.07) is 5.07. The summed E-state index contributed by atoms with van der Waals surface area (Å²) in [4.78, 5) is 0. The van der Waals surface area contributed by atoms with Crippen molar-refractivity contribution in [2.75, 3.05) is 0 Å². The maximum absolute atomic E-state index is 13.5. The molecule has 1 aromatic rings. The van der Waals surface area contributed by atoms with Gasteiger partial charge in [0.15, 0.2) is 0 Å². The van der Waals surface area contributed by atoms with Gasteiger partial charge in [0.1, 0.15) is 5.82 Å². The first-order valence-corrected chi connectivity index (χ1v) is 5.12. The highest BCUT2D eigenvalue weighted by Gasteiger charge is 2.47. The number of rotatable bonds is 2. The Morgan fingerprint density at radius 1 is 1.64 bits per heavy atom. The number of hydrogen-bond donors (Lipinski definition) is 1. The lowest BCUT2D eigenvalue weighted by atomic mass is 10.0. The maximum atomic E-state index is 13.5. The third-order valence-electron chi connectivity index (χ3n) is 3.06. The lowest BCUT2D eigenvalue weighted by Gasteiger charge is -2.11. The molecule has 2 N–H and O–H groups in total. The molecule has 1 aromatic carbocycles. The minimum Gasteiger partial charge on any atom is -0.325 e. The fraction of sp³-hybridized carbons (Fsp3) is 0.455. The van der Waals surface area contributed by atoms with E-state index >= 15 is 0 Å². The molecule has 0 heterocycles. The van der Waals surface area contributed by atoms with E-state index in [1.807, 2.05) is 0 Å². The minimum absolute atomic E-state index is 0.180. The largest absolute Gasteiger partial charge is 0.325 e. The van der Waals surface area contributed by atoms with Gasteiger partial charge in [0.05, 0.1) is 5.02 Å². The first-order valence-electron chi connectivity index (χ1n) is 4.75. The van der Waals surface area contributed by atoms with Gasteiger partial charge in [0.25, 0.3) is 0 Å². The molecule has 3 heteroatoms. The van der Waals surface area contributed by atoms with Crippen molar-refractivity contribution < 1.29 is 4.39 Å². The first-order chi connectivity index (χ1) is 6.53. The van der Waals surface area contributed by atoms with Crippen molar-refractivity contribution in [2.24, 2.45) is 11.7 Å². The van der Waals surface area contributed by atoms with Crippen molar-refractivity contribution >= 4 is 11.6 Å². The van der Waals surface area contributed by atoms with Gasteiger partial charge in [-0.15, -0.1) is 0 Å². The Bertz CT molecular complexity index is 366. The van der Waals surface area contributed by atoms with E-state index in [0.29, 0.717) is 17.9 Å². The van der Waals surface area contributed by atoms with E-state index in [1.54, 1.807) is 18.2 Å². The van der Waals surface area contributed by atoms with Gasteiger partial charge in [-0.2, -0.15) is 0 Å². The van der Waals surface area contributed by atoms with E-state index in [9.17, 15) is 4.39 Å². The van der Waals surface area contributed by atoms with Gasteiger partial charge in [-0.05, 0) is 30.4 Å². The molecule has 2 atom stereocenters. The minimum atomic E-state index is -0.321. The van der Waals surface area contributed by atoms with E-state index in [-0.39, 0.29) is 16.4 Å². The summed E-state index contributed by atoms with van der Waals surface area (Å²) < 4.78 is 13.5. The zero-order chi connectivity index (χ0) is 10.3. The van der Waals surface area contributed by atoms with Crippen LogP contribution in [0.3, 0.4) is 0 Å². The third kappa shape index (κ3) is 1.64. The summed E-state index contributed by atoms with van der Waals surface area (Å²) in [6.07, 6.45) is 1.56. The van der Waals surface area contributed by atoms with E-state index < -0.39 is 0 Å². The maximum Gasteiger partial charge on any atom is 0.145 e. The van der Waals surface area contributed by atoms with Crippen LogP contribution in [-0.4, -0.2) is 5.54 Å². The second kappa shape index (κ2) is 3.21. The van der Waals surface area contributed by atoms with Gasteiger partial charge in [-0.1, -0.05) is 30.7 Å². The van der Waals surface area contributed by atoms with E-state index in [2.05, 4.69) is 6.92 Å². The smallest absolute Gasteiger partial charge is 0.145 e. The highest BCUT2D eigenvalue weighted by Crippen LogP contribution is 2.43. The highest BCUT2D eigenvalue weighted by atomic mass is 35.5. The number of nitrogens with two attached hydrogens (primary N) is 1. The van der Waals surface area contributed by atoms with Crippen LogP contribution in [0.15, 0.2) is 18.2 Å². The number of benzene rings is 1. The predicted octanol–water partition coefficient (Wildman–Crippen LogP) is 2.76. The lowest BCUT2D eigenvalue weighted by molar-refractivity contribution is 0.564. The molecule has 0 spiro atoms. The zero-order valence-electron chi connectivity index (χ0n) is 8.06. The van der Waals surface area contributed by atoms with Crippen LogP contribution in [-0.2, 0) is 6.42 Å². The monoisotopic (exact) mass is 213 g/mol. The molecule has 0 aromatic heterocycles. The molecule has 1 saturated carbocycles. The van der Waals surface area contributed by atoms with Crippen LogP contribution < -0.4 is 5.73 Å². The van der Waals surface area contributed by atoms with E-state index in [0.717, 1.165) is 6.42 Å². The summed E-state index contributed by atoms with van der Waals surface area (Å²) in [5.74, 6) is 0.166. The molecule has 1 fully saturated rings. The lowest BCUT2D eigenvalue weighted by Crippen LogP contribution is -2.27. The number of halogens is 2.